The minimum absolute atomic E-state index is 0.0975. The molecule has 10 heavy (non-hydrogen) atoms. The molecule has 0 aliphatic rings. The number of rotatable bonds is 4. The van der Waals surface area contributed by atoms with Crippen LogP contribution < -0.4 is 11.5 Å². The summed E-state index contributed by atoms with van der Waals surface area (Å²) in [5.41, 5.74) is 9.47. The fourth-order valence-corrected chi connectivity index (χ4v) is 0.286. The van der Waals surface area contributed by atoms with Crippen molar-refractivity contribution >= 4 is 5.97 Å². The topological polar surface area (TPSA) is 98.6 Å². The molecule has 0 amide bonds. The van der Waals surface area contributed by atoms with E-state index >= 15 is 0 Å². The molecule has 5 N–H and O–H groups in total. The van der Waals surface area contributed by atoms with Gasteiger partial charge < -0.3 is 21.3 Å². The second-order valence-electron chi connectivity index (χ2n) is 2.20. The van der Waals surface area contributed by atoms with Crippen LogP contribution in [-0.2, 0) is 9.53 Å². The van der Waals surface area contributed by atoms with Gasteiger partial charge in [0, 0.05) is 6.54 Å². The van der Waals surface area contributed by atoms with Crippen molar-refractivity contribution in [2.45, 2.75) is 12.6 Å². The lowest BCUT2D eigenvalue weighted by atomic mass is 10.3. The molecule has 0 rings (SSSR count). The predicted molar refractivity (Wildman–Crippen MR) is 35.2 cm³/mol. The van der Waals surface area contributed by atoms with E-state index in [1.54, 1.807) is 0 Å². The Labute approximate surface area is 58.9 Å². The van der Waals surface area contributed by atoms with Gasteiger partial charge in [-0.25, -0.2) is 4.79 Å². The summed E-state index contributed by atoms with van der Waals surface area (Å²) in [4.78, 5) is 9.94. The van der Waals surface area contributed by atoms with E-state index in [9.17, 15) is 4.79 Å². The van der Waals surface area contributed by atoms with Gasteiger partial charge in [0.05, 0.1) is 0 Å². The molecular weight excluding hydrogens is 136 g/mol. The fraction of sp³-hybridized carbons (Fsp3) is 0.800. The monoisotopic (exact) mass is 148 g/mol. The third-order valence-electron chi connectivity index (χ3n) is 0.931. The quantitative estimate of drug-likeness (QED) is 0.431. The minimum atomic E-state index is -1.05. The Morgan fingerprint density at radius 1 is 1.80 bits per heavy atom. The number of hydrogen-bond acceptors (Lipinski definition) is 4. The maximum absolute atomic E-state index is 9.94. The summed E-state index contributed by atoms with van der Waals surface area (Å²) in [6.45, 7) is 1.21. The minimum Gasteiger partial charge on any atom is -0.480 e. The smallest absolute Gasteiger partial charge is 0.329 e. The van der Waals surface area contributed by atoms with Gasteiger partial charge in [-0.15, -0.1) is 0 Å². The van der Waals surface area contributed by atoms with Gasteiger partial charge in [-0.05, 0) is 6.92 Å². The van der Waals surface area contributed by atoms with Crippen LogP contribution in [0.4, 0.5) is 0 Å². The van der Waals surface area contributed by atoms with Crippen LogP contribution in [0.1, 0.15) is 6.92 Å². The zero-order chi connectivity index (χ0) is 8.20. The highest BCUT2D eigenvalue weighted by Crippen LogP contribution is 1.96. The molecule has 0 saturated heterocycles. The van der Waals surface area contributed by atoms with Crippen molar-refractivity contribution in [3.8, 4) is 0 Å². The third-order valence-corrected chi connectivity index (χ3v) is 0.931. The highest BCUT2D eigenvalue weighted by Gasteiger charge is 2.17. The molecule has 0 radical (unpaired) electrons. The first-order valence-electron chi connectivity index (χ1n) is 2.82. The molecule has 0 spiro atoms. The van der Waals surface area contributed by atoms with Crippen LogP contribution in [0, 0.1) is 0 Å². The molecule has 5 nitrogen and oxygen atoms in total. The van der Waals surface area contributed by atoms with Crippen LogP contribution in [-0.4, -0.2) is 30.0 Å². The van der Waals surface area contributed by atoms with E-state index in [1.165, 1.54) is 6.92 Å². The fourth-order valence-electron chi connectivity index (χ4n) is 0.286. The van der Waals surface area contributed by atoms with E-state index < -0.39 is 18.3 Å². The molecule has 0 fully saturated rings. The normalized spacial score (nSPS) is 16.3. The molecule has 1 unspecified atom stereocenters. The number of hydrogen-bond donors (Lipinski definition) is 3. The van der Waals surface area contributed by atoms with E-state index in [-0.39, 0.29) is 6.54 Å². The summed E-state index contributed by atoms with van der Waals surface area (Å²) < 4.78 is 4.69. The first kappa shape index (κ1) is 9.35. The molecule has 0 saturated carbocycles. The SMILES string of the molecule is CC(N)(CN)OCC(=O)O. The first-order valence-corrected chi connectivity index (χ1v) is 2.82. The van der Waals surface area contributed by atoms with Crippen LogP contribution in [0.2, 0.25) is 0 Å². The summed E-state index contributed by atoms with van der Waals surface area (Å²) in [5, 5.41) is 8.15. The number of aliphatic carboxylic acids is 1. The average molecular weight is 148 g/mol. The van der Waals surface area contributed by atoms with Crippen LogP contribution in [0.5, 0.6) is 0 Å². The van der Waals surface area contributed by atoms with E-state index in [1.807, 2.05) is 0 Å². The molecular formula is C5H12N2O3. The standard InChI is InChI=1S/C5H12N2O3/c1-5(7,3-6)10-2-4(8)9/h2-3,6-7H2,1H3,(H,8,9). The second kappa shape index (κ2) is 3.50. The van der Waals surface area contributed by atoms with Gasteiger partial charge in [-0.2, -0.15) is 0 Å². The number of nitrogens with two attached hydrogens (primary N) is 2. The summed E-state index contributed by atoms with van der Waals surface area (Å²) >= 11 is 0. The molecule has 0 aromatic heterocycles. The predicted octanol–water partition coefficient (Wildman–Crippen LogP) is -1.28. The van der Waals surface area contributed by atoms with Crippen LogP contribution in [0.15, 0.2) is 0 Å². The molecule has 0 aliphatic carbocycles. The number of ether oxygens (including phenoxy) is 1. The Balaban J connectivity index is 3.56. The highest BCUT2D eigenvalue weighted by molar-refractivity contribution is 5.68. The molecule has 0 aromatic rings. The largest absolute Gasteiger partial charge is 0.480 e. The lowest BCUT2D eigenvalue weighted by Crippen LogP contribution is -2.47. The van der Waals surface area contributed by atoms with Crippen molar-refractivity contribution in [2.24, 2.45) is 11.5 Å². The van der Waals surface area contributed by atoms with E-state index in [0.717, 1.165) is 0 Å². The average Bonchev–Trinajstić information content (AvgIpc) is 1.85. The molecule has 5 heteroatoms. The number of carbonyl (C=O) groups is 1. The maximum Gasteiger partial charge on any atom is 0.329 e. The van der Waals surface area contributed by atoms with Crippen LogP contribution >= 0.6 is 0 Å². The maximum atomic E-state index is 9.94. The Morgan fingerprint density at radius 3 is 2.60 bits per heavy atom. The van der Waals surface area contributed by atoms with Crippen LogP contribution in [0.25, 0.3) is 0 Å². The zero-order valence-corrected chi connectivity index (χ0v) is 5.83. The van der Waals surface area contributed by atoms with Crippen molar-refractivity contribution in [3.05, 3.63) is 0 Å². The molecule has 0 heterocycles. The van der Waals surface area contributed by atoms with E-state index in [2.05, 4.69) is 0 Å². The van der Waals surface area contributed by atoms with Crippen molar-refractivity contribution in [1.82, 2.24) is 0 Å². The van der Waals surface area contributed by atoms with Gasteiger partial charge in [0.2, 0.25) is 0 Å². The lowest BCUT2D eigenvalue weighted by Gasteiger charge is -2.21. The highest BCUT2D eigenvalue weighted by atomic mass is 16.5. The molecule has 0 aliphatic heterocycles. The Hall–Kier alpha value is -0.650. The lowest BCUT2D eigenvalue weighted by molar-refractivity contribution is -0.148. The summed E-state index contributed by atoms with van der Waals surface area (Å²) in [6.07, 6.45) is 0. The van der Waals surface area contributed by atoms with Gasteiger partial charge in [-0.1, -0.05) is 0 Å². The molecule has 0 aromatic carbocycles. The Morgan fingerprint density at radius 2 is 2.30 bits per heavy atom. The van der Waals surface area contributed by atoms with Crippen LogP contribution in [0.3, 0.4) is 0 Å². The second-order valence-corrected chi connectivity index (χ2v) is 2.20. The van der Waals surface area contributed by atoms with Crippen molar-refractivity contribution < 1.29 is 14.6 Å². The van der Waals surface area contributed by atoms with Gasteiger partial charge in [0.1, 0.15) is 12.3 Å². The van der Waals surface area contributed by atoms with Gasteiger partial charge in [-0.3, -0.25) is 0 Å². The van der Waals surface area contributed by atoms with E-state index in [4.69, 9.17) is 21.3 Å². The van der Waals surface area contributed by atoms with Gasteiger partial charge in [0.25, 0.3) is 0 Å². The van der Waals surface area contributed by atoms with E-state index in [0.29, 0.717) is 0 Å². The zero-order valence-electron chi connectivity index (χ0n) is 5.83. The summed E-state index contributed by atoms with van der Waals surface area (Å²) in [6, 6.07) is 0. The number of carboxylic acid groups (broad SMARTS) is 1. The molecule has 1 atom stereocenters. The summed E-state index contributed by atoms with van der Waals surface area (Å²) in [5.74, 6) is -1.05. The van der Waals surface area contributed by atoms with Crippen molar-refractivity contribution in [2.75, 3.05) is 13.2 Å². The number of carboxylic acids is 1. The van der Waals surface area contributed by atoms with Crippen molar-refractivity contribution in [3.63, 3.8) is 0 Å². The van der Waals surface area contributed by atoms with Crippen molar-refractivity contribution in [1.29, 1.82) is 0 Å². The summed E-state index contributed by atoms with van der Waals surface area (Å²) in [7, 11) is 0. The first-order chi connectivity index (χ1) is 4.48. The third kappa shape index (κ3) is 4.25. The Kier molecular flexibility index (Phi) is 3.27. The molecule has 60 valence electrons. The molecule has 0 bridgehead atoms. The van der Waals surface area contributed by atoms with Gasteiger partial charge in [0.15, 0.2) is 0 Å². The Bertz CT molecular complexity index is 124. The van der Waals surface area contributed by atoms with Gasteiger partial charge >= 0.3 is 5.97 Å².